The Bertz CT molecular complexity index is 393. The van der Waals surface area contributed by atoms with E-state index in [4.69, 9.17) is 22.6 Å². The summed E-state index contributed by atoms with van der Waals surface area (Å²) < 4.78 is 0. The third-order valence-electron chi connectivity index (χ3n) is 2.47. The van der Waals surface area contributed by atoms with Gasteiger partial charge in [0.15, 0.2) is 0 Å². The summed E-state index contributed by atoms with van der Waals surface area (Å²) in [6, 6.07) is 5.82. The third-order valence-corrected chi connectivity index (χ3v) is 2.79. The van der Waals surface area contributed by atoms with Gasteiger partial charge in [0.1, 0.15) is 6.07 Å². The molecule has 1 aliphatic carbocycles. The van der Waals surface area contributed by atoms with E-state index in [0.29, 0.717) is 10.6 Å². The van der Waals surface area contributed by atoms with Crippen LogP contribution in [0.3, 0.4) is 0 Å². The van der Waals surface area contributed by atoms with Gasteiger partial charge in [-0.3, -0.25) is 0 Å². The van der Waals surface area contributed by atoms with E-state index in [1.807, 2.05) is 12.1 Å². The van der Waals surface area contributed by atoms with Crippen LogP contribution in [-0.2, 0) is 6.42 Å². The van der Waals surface area contributed by atoms with Gasteiger partial charge in [0.05, 0.1) is 10.6 Å². The SMILES string of the molecule is N#Cc1cc2c(cc1Cl)CC[C@@H]2N. The van der Waals surface area contributed by atoms with Crippen LogP contribution in [0.25, 0.3) is 0 Å². The van der Waals surface area contributed by atoms with Crippen LogP contribution in [0, 0.1) is 11.3 Å². The van der Waals surface area contributed by atoms with Gasteiger partial charge in [0, 0.05) is 6.04 Å². The van der Waals surface area contributed by atoms with Gasteiger partial charge in [0.25, 0.3) is 0 Å². The van der Waals surface area contributed by atoms with E-state index >= 15 is 0 Å². The van der Waals surface area contributed by atoms with Gasteiger partial charge in [-0.1, -0.05) is 11.6 Å². The van der Waals surface area contributed by atoms with E-state index in [9.17, 15) is 0 Å². The Hall–Kier alpha value is -1.04. The minimum atomic E-state index is 0.0827. The molecule has 3 heteroatoms. The van der Waals surface area contributed by atoms with Crippen LogP contribution in [0.1, 0.15) is 29.2 Å². The molecule has 0 saturated carbocycles. The number of rotatable bonds is 0. The lowest BCUT2D eigenvalue weighted by Crippen LogP contribution is -2.05. The monoisotopic (exact) mass is 192 g/mol. The maximum Gasteiger partial charge on any atom is 0.101 e. The molecule has 13 heavy (non-hydrogen) atoms. The average Bonchev–Trinajstić information content (AvgIpc) is 2.46. The second-order valence-corrected chi connectivity index (χ2v) is 3.70. The summed E-state index contributed by atoms with van der Waals surface area (Å²) in [7, 11) is 0. The first-order chi connectivity index (χ1) is 6.22. The second-order valence-electron chi connectivity index (χ2n) is 3.29. The summed E-state index contributed by atoms with van der Waals surface area (Å²) >= 11 is 5.89. The molecule has 0 aromatic heterocycles. The molecular formula is C10H9ClN2. The standard InChI is InChI=1S/C10H9ClN2/c11-9-4-6-1-2-10(13)8(6)3-7(9)5-12/h3-4,10H,1-2,13H2/t10-/m0/s1. The number of nitrogens with two attached hydrogens (primary N) is 1. The maximum absolute atomic E-state index is 8.76. The Balaban J connectivity index is 2.59. The molecule has 0 radical (unpaired) electrons. The van der Waals surface area contributed by atoms with E-state index in [-0.39, 0.29) is 6.04 Å². The van der Waals surface area contributed by atoms with Gasteiger partial charge in [0.2, 0.25) is 0 Å². The van der Waals surface area contributed by atoms with Gasteiger partial charge >= 0.3 is 0 Å². The molecule has 0 fully saturated rings. The fraction of sp³-hybridized carbons (Fsp3) is 0.300. The first kappa shape index (κ1) is 8.55. The van der Waals surface area contributed by atoms with E-state index in [2.05, 4.69) is 6.07 Å². The highest BCUT2D eigenvalue weighted by molar-refractivity contribution is 6.31. The minimum Gasteiger partial charge on any atom is -0.324 e. The summed E-state index contributed by atoms with van der Waals surface area (Å²) in [6.45, 7) is 0. The maximum atomic E-state index is 8.76. The molecule has 2 N–H and O–H groups in total. The van der Waals surface area contributed by atoms with Crippen LogP contribution in [0.2, 0.25) is 5.02 Å². The second kappa shape index (κ2) is 3.02. The highest BCUT2D eigenvalue weighted by Gasteiger charge is 2.20. The highest BCUT2D eigenvalue weighted by Crippen LogP contribution is 2.32. The normalized spacial score (nSPS) is 19.6. The molecular weight excluding hydrogens is 184 g/mol. The van der Waals surface area contributed by atoms with Crippen LogP contribution in [0.5, 0.6) is 0 Å². The number of hydrogen-bond acceptors (Lipinski definition) is 2. The van der Waals surface area contributed by atoms with E-state index in [0.717, 1.165) is 18.4 Å². The molecule has 0 unspecified atom stereocenters. The lowest BCUT2D eigenvalue weighted by molar-refractivity contribution is 0.713. The first-order valence-corrected chi connectivity index (χ1v) is 4.58. The summed E-state index contributed by atoms with van der Waals surface area (Å²) in [4.78, 5) is 0. The Morgan fingerprint density at radius 1 is 1.54 bits per heavy atom. The average molecular weight is 193 g/mol. The molecule has 0 bridgehead atoms. The number of fused-ring (bicyclic) bond motifs is 1. The van der Waals surface area contributed by atoms with E-state index in [1.165, 1.54) is 5.56 Å². The smallest absolute Gasteiger partial charge is 0.101 e. The predicted molar refractivity (Wildman–Crippen MR) is 51.4 cm³/mol. The molecule has 1 aliphatic rings. The van der Waals surface area contributed by atoms with Crippen molar-refractivity contribution in [3.05, 3.63) is 33.8 Å². The van der Waals surface area contributed by atoms with Crippen molar-refractivity contribution in [2.24, 2.45) is 5.73 Å². The number of benzene rings is 1. The Morgan fingerprint density at radius 2 is 2.31 bits per heavy atom. The van der Waals surface area contributed by atoms with E-state index in [1.54, 1.807) is 0 Å². The van der Waals surface area contributed by atoms with Gasteiger partial charge in [-0.15, -0.1) is 0 Å². The number of nitriles is 1. The van der Waals surface area contributed by atoms with Crippen molar-refractivity contribution in [1.82, 2.24) is 0 Å². The predicted octanol–water partition coefficient (Wildman–Crippen LogP) is 2.16. The topological polar surface area (TPSA) is 49.8 Å². The van der Waals surface area contributed by atoms with Crippen LogP contribution in [0.15, 0.2) is 12.1 Å². The quantitative estimate of drug-likeness (QED) is 0.685. The molecule has 1 aromatic carbocycles. The molecule has 2 rings (SSSR count). The molecule has 0 amide bonds. The summed E-state index contributed by atoms with van der Waals surface area (Å²) in [6.07, 6.45) is 1.93. The van der Waals surface area contributed by atoms with Gasteiger partial charge in [-0.2, -0.15) is 5.26 Å². The van der Waals surface area contributed by atoms with Crippen LogP contribution >= 0.6 is 11.6 Å². The highest BCUT2D eigenvalue weighted by atomic mass is 35.5. The van der Waals surface area contributed by atoms with Crippen molar-refractivity contribution in [2.75, 3.05) is 0 Å². The Kier molecular flexibility index (Phi) is 1.99. The molecule has 0 heterocycles. The summed E-state index contributed by atoms with van der Waals surface area (Å²) in [5.74, 6) is 0. The van der Waals surface area contributed by atoms with Crippen LogP contribution in [-0.4, -0.2) is 0 Å². The molecule has 66 valence electrons. The molecule has 1 aromatic rings. The van der Waals surface area contributed by atoms with Gasteiger partial charge in [-0.05, 0) is 36.1 Å². The zero-order valence-corrected chi connectivity index (χ0v) is 7.80. The molecule has 0 saturated heterocycles. The van der Waals surface area contributed by atoms with Crippen LogP contribution < -0.4 is 5.73 Å². The van der Waals surface area contributed by atoms with Crippen molar-refractivity contribution in [3.63, 3.8) is 0 Å². The van der Waals surface area contributed by atoms with Gasteiger partial charge < -0.3 is 5.73 Å². The summed E-state index contributed by atoms with van der Waals surface area (Å²) in [5.41, 5.74) is 8.67. The fourth-order valence-corrected chi connectivity index (χ4v) is 1.97. The Labute approximate surface area is 81.9 Å². The number of nitrogens with zero attached hydrogens (tertiary/aromatic N) is 1. The zero-order valence-electron chi connectivity index (χ0n) is 7.05. The molecule has 0 aliphatic heterocycles. The van der Waals surface area contributed by atoms with E-state index < -0.39 is 0 Å². The lowest BCUT2D eigenvalue weighted by Gasteiger charge is -2.05. The number of hydrogen-bond donors (Lipinski definition) is 1. The van der Waals surface area contributed by atoms with Gasteiger partial charge in [-0.25, -0.2) is 0 Å². The third kappa shape index (κ3) is 1.31. The fourth-order valence-electron chi connectivity index (χ4n) is 1.75. The Morgan fingerprint density at radius 3 is 3.00 bits per heavy atom. The summed E-state index contributed by atoms with van der Waals surface area (Å²) in [5, 5.41) is 9.30. The van der Waals surface area contributed by atoms with Crippen molar-refractivity contribution in [1.29, 1.82) is 5.26 Å². The molecule has 0 spiro atoms. The largest absolute Gasteiger partial charge is 0.324 e. The van der Waals surface area contributed by atoms with Crippen molar-refractivity contribution >= 4 is 11.6 Å². The zero-order chi connectivity index (χ0) is 9.42. The lowest BCUT2D eigenvalue weighted by atomic mass is 10.1. The number of aryl methyl sites for hydroxylation is 1. The van der Waals surface area contributed by atoms with Crippen molar-refractivity contribution in [3.8, 4) is 6.07 Å². The number of halogens is 1. The molecule has 1 atom stereocenters. The van der Waals surface area contributed by atoms with Crippen LogP contribution in [0.4, 0.5) is 0 Å². The van der Waals surface area contributed by atoms with Crippen molar-refractivity contribution < 1.29 is 0 Å². The van der Waals surface area contributed by atoms with Crippen molar-refractivity contribution in [2.45, 2.75) is 18.9 Å². The minimum absolute atomic E-state index is 0.0827. The molecule has 2 nitrogen and oxygen atoms in total. The first-order valence-electron chi connectivity index (χ1n) is 4.20.